The smallest absolute Gasteiger partial charge is 0.272 e. The fraction of sp³-hybridized carbons (Fsp3) is 0.500. The summed E-state index contributed by atoms with van der Waals surface area (Å²) in [4.78, 5) is 12.8. The first kappa shape index (κ1) is 17.7. The molecular formula is C20H27N3O2. The molecule has 1 aromatic heterocycles. The maximum atomic E-state index is 12.8. The van der Waals surface area contributed by atoms with Crippen molar-refractivity contribution in [2.75, 3.05) is 6.61 Å². The van der Waals surface area contributed by atoms with E-state index < -0.39 is 0 Å². The Labute approximate surface area is 149 Å². The standard InChI is InChI=1S/C20H27N3O2/c1-12-8-9-17(13(2)10-12)23-18-7-5-6-16(18)19(22-23)20(25)21-15(4)14(3)11-24/h8-10,14-15,24H,5-7,11H2,1-4H3,(H,21,25). The molecule has 0 spiro atoms. The minimum Gasteiger partial charge on any atom is -0.396 e. The molecule has 0 aliphatic heterocycles. The summed E-state index contributed by atoms with van der Waals surface area (Å²) >= 11 is 0. The number of fused-ring (bicyclic) bond motifs is 1. The van der Waals surface area contributed by atoms with Crippen LogP contribution in [0.25, 0.3) is 5.69 Å². The molecule has 1 aromatic carbocycles. The molecule has 5 heteroatoms. The van der Waals surface area contributed by atoms with E-state index in [1.54, 1.807) is 0 Å². The van der Waals surface area contributed by atoms with Gasteiger partial charge in [0.2, 0.25) is 0 Å². The van der Waals surface area contributed by atoms with Crippen LogP contribution >= 0.6 is 0 Å². The number of aliphatic hydroxyl groups excluding tert-OH is 1. The van der Waals surface area contributed by atoms with Gasteiger partial charge in [0, 0.05) is 23.9 Å². The second-order valence-electron chi connectivity index (χ2n) is 7.25. The van der Waals surface area contributed by atoms with Crippen LogP contribution in [0.5, 0.6) is 0 Å². The summed E-state index contributed by atoms with van der Waals surface area (Å²) in [5.74, 6) is -0.132. The molecule has 0 radical (unpaired) electrons. The van der Waals surface area contributed by atoms with Gasteiger partial charge in [-0.25, -0.2) is 4.68 Å². The lowest BCUT2D eigenvalue weighted by Crippen LogP contribution is -2.38. The van der Waals surface area contributed by atoms with Crippen molar-refractivity contribution in [2.24, 2.45) is 5.92 Å². The number of rotatable bonds is 5. The highest BCUT2D eigenvalue weighted by atomic mass is 16.3. The van der Waals surface area contributed by atoms with E-state index in [0.29, 0.717) is 5.69 Å². The number of aliphatic hydroxyl groups is 1. The molecule has 1 amide bonds. The van der Waals surface area contributed by atoms with Crippen molar-refractivity contribution in [1.29, 1.82) is 0 Å². The van der Waals surface area contributed by atoms with E-state index in [9.17, 15) is 9.90 Å². The topological polar surface area (TPSA) is 67.2 Å². The van der Waals surface area contributed by atoms with Gasteiger partial charge < -0.3 is 10.4 Å². The van der Waals surface area contributed by atoms with Gasteiger partial charge in [-0.3, -0.25) is 4.79 Å². The zero-order valence-electron chi connectivity index (χ0n) is 15.5. The number of hydrogen-bond acceptors (Lipinski definition) is 3. The first-order chi connectivity index (χ1) is 11.9. The van der Waals surface area contributed by atoms with Gasteiger partial charge in [0.15, 0.2) is 5.69 Å². The normalized spacial score (nSPS) is 15.7. The van der Waals surface area contributed by atoms with Crippen LogP contribution in [-0.4, -0.2) is 33.4 Å². The molecule has 1 aliphatic carbocycles. The number of nitrogens with zero attached hydrogens (tertiary/aromatic N) is 2. The summed E-state index contributed by atoms with van der Waals surface area (Å²) in [5, 5.41) is 16.9. The molecule has 0 fully saturated rings. The van der Waals surface area contributed by atoms with Crippen molar-refractivity contribution >= 4 is 5.91 Å². The predicted molar refractivity (Wildman–Crippen MR) is 98.2 cm³/mol. The average Bonchev–Trinajstić information content (AvgIpc) is 3.16. The number of amides is 1. The molecule has 3 rings (SSSR count). The fourth-order valence-electron chi connectivity index (χ4n) is 3.44. The van der Waals surface area contributed by atoms with Gasteiger partial charge in [-0.1, -0.05) is 24.6 Å². The second-order valence-corrected chi connectivity index (χ2v) is 7.25. The Morgan fingerprint density at radius 2 is 2.08 bits per heavy atom. The Hall–Kier alpha value is -2.14. The number of carbonyl (C=O) groups excluding carboxylic acids is 1. The Bertz CT molecular complexity index is 794. The van der Waals surface area contributed by atoms with E-state index in [2.05, 4.69) is 42.5 Å². The number of aryl methyl sites for hydroxylation is 2. The molecule has 0 bridgehead atoms. The molecule has 134 valence electrons. The SMILES string of the molecule is Cc1ccc(-n2nc(C(=O)NC(C)C(C)CO)c3c2CCC3)c(C)c1. The Kier molecular flexibility index (Phi) is 4.95. The molecule has 25 heavy (non-hydrogen) atoms. The maximum Gasteiger partial charge on any atom is 0.272 e. The van der Waals surface area contributed by atoms with Crippen molar-refractivity contribution < 1.29 is 9.90 Å². The number of benzene rings is 1. The van der Waals surface area contributed by atoms with Crippen LogP contribution in [0.4, 0.5) is 0 Å². The van der Waals surface area contributed by atoms with Gasteiger partial charge in [0.25, 0.3) is 5.91 Å². The van der Waals surface area contributed by atoms with Gasteiger partial charge in [-0.15, -0.1) is 0 Å². The van der Waals surface area contributed by atoms with E-state index in [0.717, 1.165) is 41.8 Å². The third kappa shape index (κ3) is 3.33. The molecular weight excluding hydrogens is 314 g/mol. The number of carbonyl (C=O) groups is 1. The van der Waals surface area contributed by atoms with Gasteiger partial charge in [-0.2, -0.15) is 5.10 Å². The minimum absolute atomic E-state index is 0.0124. The first-order valence-corrected chi connectivity index (χ1v) is 9.02. The Balaban J connectivity index is 1.96. The van der Waals surface area contributed by atoms with Crippen molar-refractivity contribution in [2.45, 2.75) is 53.0 Å². The molecule has 1 heterocycles. The number of aromatic nitrogens is 2. The van der Waals surface area contributed by atoms with Crippen LogP contribution in [-0.2, 0) is 12.8 Å². The van der Waals surface area contributed by atoms with Crippen molar-refractivity contribution in [1.82, 2.24) is 15.1 Å². The van der Waals surface area contributed by atoms with E-state index in [4.69, 9.17) is 0 Å². The number of hydrogen-bond donors (Lipinski definition) is 2. The minimum atomic E-state index is -0.144. The highest BCUT2D eigenvalue weighted by Crippen LogP contribution is 2.29. The zero-order valence-corrected chi connectivity index (χ0v) is 15.5. The van der Waals surface area contributed by atoms with Gasteiger partial charge >= 0.3 is 0 Å². The van der Waals surface area contributed by atoms with Gasteiger partial charge in [-0.05, 0) is 57.6 Å². The quantitative estimate of drug-likeness (QED) is 0.879. The van der Waals surface area contributed by atoms with Crippen LogP contribution in [0.3, 0.4) is 0 Å². The monoisotopic (exact) mass is 341 g/mol. The lowest BCUT2D eigenvalue weighted by molar-refractivity contribution is 0.0910. The molecule has 1 aliphatic rings. The van der Waals surface area contributed by atoms with E-state index >= 15 is 0 Å². The van der Waals surface area contributed by atoms with E-state index in [1.165, 1.54) is 5.56 Å². The maximum absolute atomic E-state index is 12.8. The van der Waals surface area contributed by atoms with Gasteiger partial charge in [0.05, 0.1) is 5.69 Å². The van der Waals surface area contributed by atoms with Crippen molar-refractivity contribution in [3.8, 4) is 5.69 Å². The van der Waals surface area contributed by atoms with Crippen molar-refractivity contribution in [3.63, 3.8) is 0 Å². The lowest BCUT2D eigenvalue weighted by atomic mass is 10.0. The van der Waals surface area contributed by atoms with Gasteiger partial charge in [0.1, 0.15) is 0 Å². The second kappa shape index (κ2) is 7.00. The Morgan fingerprint density at radius 1 is 1.32 bits per heavy atom. The molecule has 2 N–H and O–H groups in total. The summed E-state index contributed by atoms with van der Waals surface area (Å²) in [6, 6.07) is 6.20. The van der Waals surface area contributed by atoms with Crippen molar-refractivity contribution in [3.05, 3.63) is 46.3 Å². The number of nitrogens with one attached hydrogen (secondary N) is 1. The molecule has 0 saturated carbocycles. The van der Waals surface area contributed by atoms with Crippen LogP contribution in [0.15, 0.2) is 18.2 Å². The molecule has 2 aromatic rings. The fourth-order valence-corrected chi connectivity index (χ4v) is 3.44. The first-order valence-electron chi connectivity index (χ1n) is 9.02. The summed E-state index contributed by atoms with van der Waals surface area (Å²) < 4.78 is 1.95. The summed E-state index contributed by atoms with van der Waals surface area (Å²) in [6.45, 7) is 8.04. The van der Waals surface area contributed by atoms with E-state index in [1.807, 2.05) is 18.5 Å². The lowest BCUT2D eigenvalue weighted by Gasteiger charge is -2.18. The average molecular weight is 341 g/mol. The van der Waals surface area contributed by atoms with E-state index in [-0.39, 0.29) is 24.5 Å². The molecule has 5 nitrogen and oxygen atoms in total. The third-order valence-corrected chi connectivity index (χ3v) is 5.23. The highest BCUT2D eigenvalue weighted by molar-refractivity contribution is 5.94. The predicted octanol–water partition coefficient (Wildman–Crippen LogP) is 2.72. The summed E-state index contributed by atoms with van der Waals surface area (Å²) in [7, 11) is 0. The van der Waals surface area contributed by atoms with Crippen LogP contribution in [0, 0.1) is 19.8 Å². The third-order valence-electron chi connectivity index (χ3n) is 5.23. The summed E-state index contributed by atoms with van der Waals surface area (Å²) in [5.41, 5.74) is 6.17. The molecule has 2 atom stereocenters. The highest BCUT2D eigenvalue weighted by Gasteiger charge is 2.28. The summed E-state index contributed by atoms with van der Waals surface area (Å²) in [6.07, 6.45) is 2.90. The molecule has 0 saturated heterocycles. The largest absolute Gasteiger partial charge is 0.396 e. The zero-order chi connectivity index (χ0) is 18.1. The van der Waals surface area contributed by atoms with Crippen LogP contribution in [0.2, 0.25) is 0 Å². The van der Waals surface area contributed by atoms with Crippen LogP contribution < -0.4 is 5.32 Å². The van der Waals surface area contributed by atoms with Crippen LogP contribution in [0.1, 0.15) is 53.1 Å². The molecule has 2 unspecified atom stereocenters. The Morgan fingerprint density at radius 3 is 2.76 bits per heavy atom.